The maximum atomic E-state index is 12.8. The smallest absolute Gasteiger partial charge is 0.331 e. The fourth-order valence-electron chi connectivity index (χ4n) is 2.08. The highest BCUT2D eigenvalue weighted by Gasteiger charge is 2.34. The van der Waals surface area contributed by atoms with E-state index < -0.39 is 21.8 Å². The van der Waals surface area contributed by atoms with E-state index in [0.717, 1.165) is 43.8 Å². The molecule has 0 fully saturated rings. The molecule has 0 unspecified atom stereocenters. The summed E-state index contributed by atoms with van der Waals surface area (Å²) in [7, 11) is -3.91. The molecule has 1 heterocycles. The molecule has 0 atom stereocenters. The van der Waals surface area contributed by atoms with E-state index in [4.69, 9.17) is 0 Å². The van der Waals surface area contributed by atoms with Gasteiger partial charge in [-0.3, -0.25) is 0 Å². The number of sulfonamides is 1. The zero-order valence-corrected chi connectivity index (χ0v) is 12.2. The molecule has 1 aliphatic heterocycles. The summed E-state index contributed by atoms with van der Waals surface area (Å²) in [6.07, 6.45) is -0.807. The minimum absolute atomic E-state index is 0.0379. The SMILES string of the molecule is CCCCCN1C=NS(=O)(=O)c2ccc(C(F)(F)F)cc21. The molecule has 1 aromatic carbocycles. The van der Waals surface area contributed by atoms with Crippen molar-refractivity contribution in [1.82, 2.24) is 0 Å². The van der Waals surface area contributed by atoms with Crippen LogP contribution < -0.4 is 4.90 Å². The van der Waals surface area contributed by atoms with Gasteiger partial charge >= 0.3 is 6.18 Å². The van der Waals surface area contributed by atoms with E-state index in [1.807, 2.05) is 6.92 Å². The van der Waals surface area contributed by atoms with Gasteiger partial charge in [-0.2, -0.15) is 21.6 Å². The van der Waals surface area contributed by atoms with Gasteiger partial charge in [0, 0.05) is 6.54 Å². The molecule has 0 saturated heterocycles. The minimum atomic E-state index is -4.51. The molecule has 2 rings (SSSR count). The van der Waals surface area contributed by atoms with Crippen molar-refractivity contribution in [3.63, 3.8) is 0 Å². The largest absolute Gasteiger partial charge is 0.416 e. The summed E-state index contributed by atoms with van der Waals surface area (Å²) in [4.78, 5) is 1.27. The Labute approximate surface area is 121 Å². The number of fused-ring (bicyclic) bond motifs is 1. The summed E-state index contributed by atoms with van der Waals surface area (Å²) in [6, 6.07) is 2.60. The fourth-order valence-corrected chi connectivity index (χ4v) is 3.12. The molecular weight excluding hydrogens is 305 g/mol. The lowest BCUT2D eigenvalue weighted by atomic mass is 10.1. The molecule has 0 spiro atoms. The Balaban J connectivity index is 2.43. The Hall–Kier alpha value is -1.57. The number of alkyl halides is 3. The molecule has 0 aliphatic carbocycles. The number of halogens is 3. The average molecular weight is 320 g/mol. The van der Waals surface area contributed by atoms with Crippen molar-refractivity contribution < 1.29 is 21.6 Å². The molecule has 116 valence electrons. The summed E-state index contributed by atoms with van der Waals surface area (Å²) in [5, 5.41) is 0. The number of anilines is 1. The second kappa shape index (κ2) is 5.67. The quantitative estimate of drug-likeness (QED) is 0.799. The van der Waals surface area contributed by atoms with E-state index in [2.05, 4.69) is 4.40 Å². The van der Waals surface area contributed by atoms with Crippen LogP contribution in [0.1, 0.15) is 31.7 Å². The van der Waals surface area contributed by atoms with Crippen LogP contribution in [-0.4, -0.2) is 21.3 Å². The van der Waals surface area contributed by atoms with E-state index in [-0.39, 0.29) is 10.6 Å². The lowest BCUT2D eigenvalue weighted by molar-refractivity contribution is -0.137. The predicted molar refractivity (Wildman–Crippen MR) is 74.0 cm³/mol. The van der Waals surface area contributed by atoms with Gasteiger partial charge in [-0.25, -0.2) is 0 Å². The van der Waals surface area contributed by atoms with Crippen molar-refractivity contribution in [2.24, 2.45) is 4.40 Å². The van der Waals surface area contributed by atoms with Crippen LogP contribution >= 0.6 is 0 Å². The molecule has 0 saturated carbocycles. The Morgan fingerprint density at radius 1 is 1.24 bits per heavy atom. The maximum absolute atomic E-state index is 12.8. The van der Waals surface area contributed by atoms with Crippen LogP contribution in [-0.2, 0) is 16.2 Å². The normalized spacial score (nSPS) is 16.9. The van der Waals surface area contributed by atoms with Crippen molar-refractivity contribution in [2.75, 3.05) is 11.4 Å². The maximum Gasteiger partial charge on any atom is 0.416 e. The molecule has 1 aromatic rings. The van der Waals surface area contributed by atoms with Crippen molar-refractivity contribution in [1.29, 1.82) is 0 Å². The number of unbranched alkanes of at least 4 members (excludes halogenated alkanes) is 2. The summed E-state index contributed by atoms with van der Waals surface area (Å²) < 4.78 is 65.4. The molecule has 0 amide bonds. The zero-order chi connectivity index (χ0) is 15.7. The van der Waals surface area contributed by atoms with Gasteiger partial charge in [0.15, 0.2) is 0 Å². The third-order valence-corrected chi connectivity index (χ3v) is 4.47. The van der Waals surface area contributed by atoms with Crippen molar-refractivity contribution >= 4 is 22.0 Å². The monoisotopic (exact) mass is 320 g/mol. The first-order valence-electron chi connectivity index (χ1n) is 6.54. The fraction of sp³-hybridized carbons (Fsp3) is 0.462. The molecule has 1 aliphatic rings. The highest BCUT2D eigenvalue weighted by atomic mass is 32.2. The number of hydrogen-bond donors (Lipinski definition) is 0. The topological polar surface area (TPSA) is 49.7 Å². The highest BCUT2D eigenvalue weighted by Crippen LogP contribution is 2.36. The summed E-state index contributed by atoms with van der Waals surface area (Å²) >= 11 is 0. The van der Waals surface area contributed by atoms with Crippen LogP contribution in [0.4, 0.5) is 18.9 Å². The van der Waals surface area contributed by atoms with Gasteiger partial charge in [-0.1, -0.05) is 19.8 Å². The van der Waals surface area contributed by atoms with Gasteiger partial charge in [0.25, 0.3) is 10.0 Å². The molecule has 0 bridgehead atoms. The second-order valence-corrected chi connectivity index (χ2v) is 6.38. The molecule has 0 N–H and O–H groups in total. The summed E-state index contributed by atoms with van der Waals surface area (Å²) in [5.41, 5.74) is -0.830. The predicted octanol–water partition coefficient (Wildman–Crippen LogP) is 3.43. The second-order valence-electron chi connectivity index (χ2n) is 4.78. The molecule has 0 aromatic heterocycles. The number of benzene rings is 1. The standard InChI is InChI=1S/C13H15F3N2O2S/c1-2-3-4-7-18-9-17-21(19,20)12-6-5-10(8-11(12)18)13(14,15)16/h5-6,8-9H,2-4,7H2,1H3. The molecule has 4 nitrogen and oxygen atoms in total. The van der Waals surface area contributed by atoms with Crippen LogP contribution in [0.2, 0.25) is 0 Å². The third kappa shape index (κ3) is 3.37. The molecule has 21 heavy (non-hydrogen) atoms. The van der Waals surface area contributed by atoms with Crippen LogP contribution in [0.5, 0.6) is 0 Å². The Bertz CT molecular complexity index is 654. The van der Waals surface area contributed by atoms with E-state index in [0.29, 0.717) is 6.54 Å². The zero-order valence-electron chi connectivity index (χ0n) is 11.4. The van der Waals surface area contributed by atoms with Gasteiger partial charge in [-0.05, 0) is 24.6 Å². The van der Waals surface area contributed by atoms with Crippen LogP contribution in [0.3, 0.4) is 0 Å². The molecule has 8 heteroatoms. The molecule has 0 radical (unpaired) electrons. The van der Waals surface area contributed by atoms with Crippen molar-refractivity contribution in [3.8, 4) is 0 Å². The minimum Gasteiger partial charge on any atom is -0.331 e. The van der Waals surface area contributed by atoms with Gasteiger partial charge in [0.2, 0.25) is 0 Å². The Morgan fingerprint density at radius 3 is 2.57 bits per heavy atom. The summed E-state index contributed by atoms with van der Waals surface area (Å²) in [6.45, 7) is 2.44. The van der Waals surface area contributed by atoms with Gasteiger partial charge in [-0.15, -0.1) is 4.40 Å². The third-order valence-electron chi connectivity index (χ3n) is 3.20. The van der Waals surface area contributed by atoms with Crippen LogP contribution in [0.25, 0.3) is 0 Å². The number of nitrogens with zero attached hydrogens (tertiary/aromatic N) is 2. The Kier molecular flexibility index (Phi) is 4.27. The van der Waals surface area contributed by atoms with E-state index in [9.17, 15) is 21.6 Å². The highest BCUT2D eigenvalue weighted by molar-refractivity contribution is 7.90. The molecular formula is C13H15F3N2O2S. The van der Waals surface area contributed by atoms with Gasteiger partial charge in [0.05, 0.1) is 11.3 Å². The van der Waals surface area contributed by atoms with Crippen molar-refractivity contribution in [3.05, 3.63) is 23.8 Å². The average Bonchev–Trinajstić information content (AvgIpc) is 2.40. The summed E-state index contributed by atoms with van der Waals surface area (Å²) in [5.74, 6) is 0. The van der Waals surface area contributed by atoms with E-state index >= 15 is 0 Å². The first kappa shape index (κ1) is 15.8. The Morgan fingerprint density at radius 2 is 1.95 bits per heavy atom. The number of hydrogen-bond acceptors (Lipinski definition) is 3. The van der Waals surface area contributed by atoms with Crippen LogP contribution in [0, 0.1) is 0 Å². The van der Waals surface area contributed by atoms with E-state index in [1.165, 1.54) is 4.90 Å². The lowest BCUT2D eigenvalue weighted by Crippen LogP contribution is -2.28. The first-order valence-corrected chi connectivity index (χ1v) is 7.98. The van der Waals surface area contributed by atoms with Gasteiger partial charge < -0.3 is 4.90 Å². The first-order chi connectivity index (χ1) is 9.75. The van der Waals surface area contributed by atoms with Crippen molar-refractivity contribution in [2.45, 2.75) is 37.3 Å². The van der Waals surface area contributed by atoms with Gasteiger partial charge in [0.1, 0.15) is 11.2 Å². The van der Waals surface area contributed by atoms with E-state index in [1.54, 1.807) is 0 Å². The lowest BCUT2D eigenvalue weighted by Gasteiger charge is -2.26. The number of rotatable bonds is 4. The van der Waals surface area contributed by atoms with Crippen LogP contribution in [0.15, 0.2) is 27.5 Å².